The lowest BCUT2D eigenvalue weighted by molar-refractivity contribution is -0.136. The zero-order valence-electron chi connectivity index (χ0n) is 10.6. The van der Waals surface area contributed by atoms with Crippen LogP contribution in [0.1, 0.15) is 12.5 Å². The van der Waals surface area contributed by atoms with Crippen LogP contribution in [0.5, 0.6) is 0 Å². The summed E-state index contributed by atoms with van der Waals surface area (Å²) in [5.41, 5.74) is 6.22. The molecule has 1 aliphatic heterocycles. The Labute approximate surface area is 119 Å². The van der Waals surface area contributed by atoms with E-state index in [9.17, 15) is 9.18 Å². The van der Waals surface area contributed by atoms with E-state index in [1.807, 2.05) is 17.9 Å². The smallest absolute Gasteiger partial charge is 0.237 e. The predicted octanol–water partition coefficient (Wildman–Crippen LogP) is 1.66. The second-order valence-electron chi connectivity index (χ2n) is 4.67. The molecule has 1 aromatic carbocycles. The van der Waals surface area contributed by atoms with Gasteiger partial charge in [-0.15, -0.1) is 0 Å². The van der Waals surface area contributed by atoms with Crippen LogP contribution in [-0.2, 0) is 16.1 Å². The maximum Gasteiger partial charge on any atom is 0.237 e. The number of carbonyl (C=O) groups is 1. The van der Waals surface area contributed by atoms with Gasteiger partial charge in [0.2, 0.25) is 5.91 Å². The van der Waals surface area contributed by atoms with Gasteiger partial charge in [-0.05, 0) is 30.7 Å². The van der Waals surface area contributed by atoms with Gasteiger partial charge in [-0.2, -0.15) is 0 Å². The molecular formula is C13H16BrFN2O2. The van der Waals surface area contributed by atoms with Crippen molar-refractivity contribution in [2.45, 2.75) is 25.6 Å². The molecule has 2 N–H and O–H groups in total. The second kappa shape index (κ2) is 5.98. The fourth-order valence-electron chi connectivity index (χ4n) is 2.41. The summed E-state index contributed by atoms with van der Waals surface area (Å²) in [5, 5.41) is 0. The maximum atomic E-state index is 13.3. The van der Waals surface area contributed by atoms with E-state index >= 15 is 0 Å². The largest absolute Gasteiger partial charge is 0.375 e. The molecule has 2 atom stereocenters. The van der Waals surface area contributed by atoms with Crippen LogP contribution in [0.4, 0.5) is 4.39 Å². The van der Waals surface area contributed by atoms with Crippen molar-refractivity contribution in [2.75, 3.05) is 13.2 Å². The number of morpholine rings is 1. The minimum absolute atomic E-state index is 0.247. The number of amides is 1. The number of hydrogen-bond donors (Lipinski definition) is 1. The van der Waals surface area contributed by atoms with Crippen molar-refractivity contribution >= 4 is 21.8 Å². The highest BCUT2D eigenvalue weighted by atomic mass is 79.9. The lowest BCUT2D eigenvalue weighted by Gasteiger charge is -2.37. The SMILES string of the molecule is C[C@H]1OCCN(Cc2cc(F)cc(Br)c2)[C@@H]1C(N)=O. The number of benzene rings is 1. The number of nitrogens with zero attached hydrogens (tertiary/aromatic N) is 1. The molecule has 0 spiro atoms. The molecule has 6 heteroatoms. The number of carbonyl (C=O) groups excluding carboxylic acids is 1. The highest BCUT2D eigenvalue weighted by Crippen LogP contribution is 2.20. The molecule has 0 aromatic heterocycles. The van der Waals surface area contributed by atoms with Crippen LogP contribution in [0.25, 0.3) is 0 Å². The van der Waals surface area contributed by atoms with Crippen molar-refractivity contribution in [3.8, 4) is 0 Å². The molecule has 104 valence electrons. The van der Waals surface area contributed by atoms with Crippen molar-refractivity contribution in [2.24, 2.45) is 5.73 Å². The van der Waals surface area contributed by atoms with Crippen LogP contribution in [0, 0.1) is 5.82 Å². The summed E-state index contributed by atoms with van der Waals surface area (Å²) in [4.78, 5) is 13.4. The zero-order chi connectivity index (χ0) is 14.0. The highest BCUT2D eigenvalue weighted by molar-refractivity contribution is 9.10. The van der Waals surface area contributed by atoms with Crippen LogP contribution in [0.15, 0.2) is 22.7 Å². The van der Waals surface area contributed by atoms with Gasteiger partial charge in [0.1, 0.15) is 11.9 Å². The Morgan fingerprint density at radius 1 is 1.58 bits per heavy atom. The van der Waals surface area contributed by atoms with Crippen molar-refractivity contribution < 1.29 is 13.9 Å². The quantitative estimate of drug-likeness (QED) is 0.917. The zero-order valence-corrected chi connectivity index (χ0v) is 12.2. The number of hydrogen-bond acceptors (Lipinski definition) is 3. The molecule has 1 aromatic rings. The third kappa shape index (κ3) is 3.52. The Kier molecular flexibility index (Phi) is 4.54. The van der Waals surface area contributed by atoms with E-state index < -0.39 is 11.9 Å². The molecule has 0 saturated carbocycles. The number of rotatable bonds is 3. The van der Waals surface area contributed by atoms with Gasteiger partial charge in [-0.25, -0.2) is 4.39 Å². The lowest BCUT2D eigenvalue weighted by atomic mass is 10.1. The lowest BCUT2D eigenvalue weighted by Crippen LogP contribution is -2.56. The molecule has 19 heavy (non-hydrogen) atoms. The fourth-order valence-corrected chi connectivity index (χ4v) is 2.92. The summed E-state index contributed by atoms with van der Waals surface area (Å²) >= 11 is 3.26. The first-order chi connectivity index (χ1) is 8.97. The Morgan fingerprint density at radius 3 is 2.95 bits per heavy atom. The first kappa shape index (κ1) is 14.4. The Balaban J connectivity index is 2.17. The van der Waals surface area contributed by atoms with Gasteiger partial charge in [-0.3, -0.25) is 9.69 Å². The Morgan fingerprint density at radius 2 is 2.32 bits per heavy atom. The van der Waals surface area contributed by atoms with Crippen molar-refractivity contribution in [1.82, 2.24) is 4.90 Å². The Hall–Kier alpha value is -0.980. The summed E-state index contributed by atoms with van der Waals surface area (Å²) in [6.07, 6.45) is -0.247. The summed E-state index contributed by atoms with van der Waals surface area (Å²) in [6.45, 7) is 3.44. The summed E-state index contributed by atoms with van der Waals surface area (Å²) in [5.74, 6) is -0.719. The molecule has 0 bridgehead atoms. The highest BCUT2D eigenvalue weighted by Gasteiger charge is 2.33. The molecule has 0 radical (unpaired) electrons. The monoisotopic (exact) mass is 330 g/mol. The normalized spacial score (nSPS) is 24.4. The molecule has 1 saturated heterocycles. The van der Waals surface area contributed by atoms with E-state index in [4.69, 9.17) is 10.5 Å². The van der Waals surface area contributed by atoms with Crippen molar-refractivity contribution in [1.29, 1.82) is 0 Å². The van der Waals surface area contributed by atoms with Gasteiger partial charge < -0.3 is 10.5 Å². The third-order valence-electron chi connectivity index (χ3n) is 3.20. The van der Waals surface area contributed by atoms with Crippen LogP contribution in [-0.4, -0.2) is 36.1 Å². The van der Waals surface area contributed by atoms with E-state index in [2.05, 4.69) is 15.9 Å². The molecule has 2 rings (SSSR count). The van der Waals surface area contributed by atoms with Crippen LogP contribution in [0.2, 0.25) is 0 Å². The first-order valence-electron chi connectivity index (χ1n) is 6.07. The average Bonchev–Trinajstić information content (AvgIpc) is 2.26. The fraction of sp³-hybridized carbons (Fsp3) is 0.462. The van der Waals surface area contributed by atoms with Crippen LogP contribution < -0.4 is 5.73 Å². The van der Waals surface area contributed by atoms with E-state index in [1.54, 1.807) is 0 Å². The number of halogens is 2. The molecule has 1 amide bonds. The molecule has 4 nitrogen and oxygen atoms in total. The van der Waals surface area contributed by atoms with Gasteiger partial charge in [0.15, 0.2) is 0 Å². The van der Waals surface area contributed by atoms with E-state index in [1.165, 1.54) is 12.1 Å². The number of primary amides is 1. The molecule has 1 fully saturated rings. The minimum atomic E-state index is -0.476. The van der Waals surface area contributed by atoms with Crippen molar-refractivity contribution in [3.05, 3.63) is 34.1 Å². The van der Waals surface area contributed by atoms with E-state index in [0.29, 0.717) is 24.2 Å². The van der Waals surface area contributed by atoms with Crippen LogP contribution in [0.3, 0.4) is 0 Å². The second-order valence-corrected chi connectivity index (χ2v) is 5.59. The van der Waals surface area contributed by atoms with E-state index in [0.717, 1.165) is 5.56 Å². The summed E-state index contributed by atoms with van der Waals surface area (Å²) in [7, 11) is 0. The van der Waals surface area contributed by atoms with Crippen molar-refractivity contribution in [3.63, 3.8) is 0 Å². The molecule has 1 heterocycles. The Bertz CT molecular complexity index is 463. The van der Waals surface area contributed by atoms with Gasteiger partial charge in [0.05, 0.1) is 12.7 Å². The molecular weight excluding hydrogens is 315 g/mol. The number of nitrogens with two attached hydrogens (primary N) is 1. The standard InChI is InChI=1S/C13H16BrFN2O2/c1-8-12(13(16)18)17(2-3-19-8)7-9-4-10(14)6-11(15)5-9/h4-6,8,12H,2-3,7H2,1H3,(H2,16,18)/t8-,12+/m1/s1. The third-order valence-corrected chi connectivity index (χ3v) is 3.65. The summed E-state index contributed by atoms with van der Waals surface area (Å²) < 4.78 is 19.5. The van der Waals surface area contributed by atoms with Gasteiger partial charge in [0, 0.05) is 17.6 Å². The van der Waals surface area contributed by atoms with Gasteiger partial charge in [0.25, 0.3) is 0 Å². The van der Waals surface area contributed by atoms with Gasteiger partial charge >= 0.3 is 0 Å². The molecule has 0 aliphatic carbocycles. The average molecular weight is 331 g/mol. The minimum Gasteiger partial charge on any atom is -0.375 e. The molecule has 0 unspecified atom stereocenters. The van der Waals surface area contributed by atoms with Gasteiger partial charge in [-0.1, -0.05) is 15.9 Å². The first-order valence-corrected chi connectivity index (χ1v) is 6.86. The number of ether oxygens (including phenoxy) is 1. The predicted molar refractivity (Wildman–Crippen MR) is 72.9 cm³/mol. The van der Waals surface area contributed by atoms with Crippen LogP contribution >= 0.6 is 15.9 Å². The summed E-state index contributed by atoms with van der Waals surface area (Å²) in [6, 6.07) is 4.22. The topological polar surface area (TPSA) is 55.6 Å². The van der Waals surface area contributed by atoms with E-state index in [-0.39, 0.29) is 11.9 Å². The maximum absolute atomic E-state index is 13.3. The molecule has 1 aliphatic rings.